The first kappa shape index (κ1) is 12.3. The third-order valence-electron chi connectivity index (χ3n) is 4.62. The van der Waals surface area contributed by atoms with Crippen LogP contribution in [0.3, 0.4) is 0 Å². The highest BCUT2D eigenvalue weighted by Gasteiger charge is 2.52. The van der Waals surface area contributed by atoms with E-state index < -0.39 is 0 Å². The van der Waals surface area contributed by atoms with Crippen LogP contribution >= 0.6 is 15.9 Å². The van der Waals surface area contributed by atoms with Crippen LogP contribution in [0.5, 0.6) is 0 Å². The zero-order valence-corrected chi connectivity index (χ0v) is 12.2. The Kier molecular flexibility index (Phi) is 2.85. The minimum Gasteiger partial charge on any atom is -0.298 e. The molecule has 0 radical (unpaired) electrons. The van der Waals surface area contributed by atoms with E-state index in [0.717, 1.165) is 12.8 Å². The summed E-state index contributed by atoms with van der Waals surface area (Å²) in [6.45, 7) is 8.81. The molecule has 0 amide bonds. The number of rotatable bonds is 0. The van der Waals surface area contributed by atoms with Crippen molar-refractivity contribution >= 4 is 21.7 Å². The quantitative estimate of drug-likeness (QED) is 0.648. The predicted molar refractivity (Wildman–Crippen MR) is 70.4 cm³/mol. The van der Waals surface area contributed by atoms with E-state index >= 15 is 0 Å². The average molecular weight is 285 g/mol. The fourth-order valence-electron chi connectivity index (χ4n) is 3.86. The first-order chi connectivity index (χ1) is 7.27. The van der Waals surface area contributed by atoms with Crippen LogP contribution in [0.15, 0.2) is 10.6 Å². The summed E-state index contributed by atoms with van der Waals surface area (Å²) in [5, 5.41) is 0. The topological polar surface area (TPSA) is 17.1 Å². The lowest BCUT2D eigenvalue weighted by molar-refractivity contribution is -0.139. The lowest BCUT2D eigenvalue weighted by Gasteiger charge is -2.51. The molecule has 2 aliphatic carbocycles. The van der Waals surface area contributed by atoms with Crippen LogP contribution in [0.2, 0.25) is 0 Å². The Morgan fingerprint density at radius 1 is 1.31 bits per heavy atom. The number of hydrogen-bond acceptors (Lipinski definition) is 1. The standard InChI is InChI=1S/C14H21BrO/c1-9-5-6-11-13(2,3)7-10(15)8-14(11,4)12(9)16/h8-9,11H,5-7H2,1-4H3/t9-,11+,14+/m1/s1. The lowest BCUT2D eigenvalue weighted by atomic mass is 9.52. The number of carbonyl (C=O) groups excluding carboxylic acids is 1. The third-order valence-corrected chi connectivity index (χ3v) is 5.12. The molecule has 0 saturated heterocycles. The van der Waals surface area contributed by atoms with Gasteiger partial charge in [0.05, 0.1) is 0 Å². The van der Waals surface area contributed by atoms with Crippen molar-refractivity contribution in [3.8, 4) is 0 Å². The molecular formula is C14H21BrO. The van der Waals surface area contributed by atoms with Gasteiger partial charge in [-0.3, -0.25) is 4.79 Å². The zero-order valence-electron chi connectivity index (χ0n) is 10.6. The van der Waals surface area contributed by atoms with E-state index in [-0.39, 0.29) is 16.7 Å². The van der Waals surface area contributed by atoms with Gasteiger partial charge in [0.2, 0.25) is 0 Å². The van der Waals surface area contributed by atoms with Crippen LogP contribution < -0.4 is 0 Å². The van der Waals surface area contributed by atoms with E-state index in [1.807, 2.05) is 0 Å². The van der Waals surface area contributed by atoms with Gasteiger partial charge < -0.3 is 0 Å². The van der Waals surface area contributed by atoms with E-state index in [1.54, 1.807) is 0 Å². The van der Waals surface area contributed by atoms with Gasteiger partial charge in [-0.15, -0.1) is 0 Å². The largest absolute Gasteiger partial charge is 0.298 e. The summed E-state index contributed by atoms with van der Waals surface area (Å²) in [6, 6.07) is 0. The van der Waals surface area contributed by atoms with Crippen molar-refractivity contribution in [1.82, 2.24) is 0 Å². The van der Waals surface area contributed by atoms with Crippen LogP contribution in [0, 0.1) is 22.7 Å². The summed E-state index contributed by atoms with van der Waals surface area (Å²) in [6.07, 6.45) is 5.50. The Bertz CT molecular complexity index is 356. The second kappa shape index (κ2) is 3.69. The molecule has 0 aliphatic heterocycles. The van der Waals surface area contributed by atoms with Crippen LogP contribution in [0.1, 0.15) is 47.0 Å². The minimum absolute atomic E-state index is 0.228. The van der Waals surface area contributed by atoms with Crippen molar-refractivity contribution in [1.29, 1.82) is 0 Å². The van der Waals surface area contributed by atoms with E-state index in [2.05, 4.69) is 49.7 Å². The number of Topliss-reactive ketones (excluding diaryl/α,β-unsaturated/α-hetero) is 1. The molecule has 0 aromatic carbocycles. The second-order valence-corrected chi connectivity index (χ2v) is 7.45. The van der Waals surface area contributed by atoms with Gasteiger partial charge in [0.1, 0.15) is 5.78 Å². The van der Waals surface area contributed by atoms with Gasteiger partial charge in [-0.25, -0.2) is 0 Å². The summed E-state index contributed by atoms with van der Waals surface area (Å²) < 4.78 is 1.21. The summed E-state index contributed by atoms with van der Waals surface area (Å²) in [7, 11) is 0. The Morgan fingerprint density at radius 2 is 1.94 bits per heavy atom. The molecule has 0 aromatic heterocycles. The number of carbonyl (C=O) groups is 1. The van der Waals surface area contributed by atoms with Crippen LogP contribution in [-0.4, -0.2) is 5.78 Å². The first-order valence-electron chi connectivity index (χ1n) is 6.19. The van der Waals surface area contributed by atoms with Crippen LogP contribution in [0.4, 0.5) is 0 Å². The first-order valence-corrected chi connectivity index (χ1v) is 6.98. The number of ketones is 1. The van der Waals surface area contributed by atoms with Crippen molar-refractivity contribution in [2.75, 3.05) is 0 Å². The summed E-state index contributed by atoms with van der Waals surface area (Å²) in [5.74, 6) is 1.17. The SMILES string of the molecule is C[C@@H]1CC[C@H]2C(C)(C)CC(Br)=C[C@]2(C)C1=O. The molecule has 1 saturated carbocycles. The molecule has 2 heteroatoms. The number of fused-ring (bicyclic) bond motifs is 1. The van der Waals surface area contributed by atoms with E-state index in [4.69, 9.17) is 0 Å². The third kappa shape index (κ3) is 1.70. The fourth-order valence-corrected chi connectivity index (χ4v) is 5.06. The molecule has 2 rings (SSSR count). The fraction of sp³-hybridized carbons (Fsp3) is 0.786. The molecule has 3 atom stereocenters. The van der Waals surface area contributed by atoms with Crippen LogP contribution in [0.25, 0.3) is 0 Å². The summed E-state index contributed by atoms with van der Waals surface area (Å²) in [5.41, 5.74) is -0.00359. The lowest BCUT2D eigenvalue weighted by Crippen LogP contribution is -2.50. The van der Waals surface area contributed by atoms with Crippen molar-refractivity contribution in [3.05, 3.63) is 10.6 Å². The molecule has 0 heterocycles. The molecule has 0 aromatic rings. The van der Waals surface area contributed by atoms with Crippen LogP contribution in [-0.2, 0) is 4.79 Å². The molecule has 2 aliphatic rings. The van der Waals surface area contributed by atoms with Gasteiger partial charge in [0, 0.05) is 11.3 Å². The van der Waals surface area contributed by atoms with Crippen molar-refractivity contribution in [2.45, 2.75) is 47.0 Å². The summed E-state index contributed by atoms with van der Waals surface area (Å²) in [4.78, 5) is 12.4. The van der Waals surface area contributed by atoms with E-state index in [1.165, 1.54) is 10.9 Å². The maximum Gasteiger partial charge on any atom is 0.145 e. The molecule has 1 fully saturated rings. The normalized spacial score (nSPS) is 42.6. The number of hydrogen-bond donors (Lipinski definition) is 0. The van der Waals surface area contributed by atoms with Crippen molar-refractivity contribution < 1.29 is 4.79 Å². The maximum absolute atomic E-state index is 12.4. The maximum atomic E-state index is 12.4. The molecule has 16 heavy (non-hydrogen) atoms. The van der Waals surface area contributed by atoms with Crippen molar-refractivity contribution in [3.63, 3.8) is 0 Å². The highest BCUT2D eigenvalue weighted by Crippen LogP contribution is 2.56. The number of allylic oxidation sites excluding steroid dienone is 2. The Labute approximate surface area is 107 Å². The highest BCUT2D eigenvalue weighted by molar-refractivity contribution is 9.11. The van der Waals surface area contributed by atoms with Gasteiger partial charge in [-0.05, 0) is 42.0 Å². The Hall–Kier alpha value is -0.110. The smallest absolute Gasteiger partial charge is 0.145 e. The van der Waals surface area contributed by atoms with E-state index in [9.17, 15) is 4.79 Å². The van der Waals surface area contributed by atoms with Gasteiger partial charge >= 0.3 is 0 Å². The van der Waals surface area contributed by atoms with Gasteiger partial charge in [-0.1, -0.05) is 42.8 Å². The predicted octanol–water partition coefficient (Wildman–Crippen LogP) is 4.32. The molecule has 90 valence electrons. The summed E-state index contributed by atoms with van der Waals surface area (Å²) >= 11 is 3.62. The minimum atomic E-state index is -0.238. The zero-order chi connectivity index (χ0) is 12.1. The van der Waals surface area contributed by atoms with E-state index in [0.29, 0.717) is 11.7 Å². The number of halogens is 1. The molecule has 0 spiro atoms. The van der Waals surface area contributed by atoms with Gasteiger partial charge in [0.25, 0.3) is 0 Å². The van der Waals surface area contributed by atoms with Crippen molar-refractivity contribution in [2.24, 2.45) is 22.7 Å². The van der Waals surface area contributed by atoms with Gasteiger partial charge in [0.15, 0.2) is 0 Å². The molecule has 1 nitrogen and oxygen atoms in total. The molecule has 0 N–H and O–H groups in total. The molecule has 0 unspecified atom stereocenters. The highest BCUT2D eigenvalue weighted by atomic mass is 79.9. The van der Waals surface area contributed by atoms with Gasteiger partial charge in [-0.2, -0.15) is 0 Å². The average Bonchev–Trinajstić information content (AvgIpc) is 2.11. The Balaban J connectivity index is 2.48. The monoisotopic (exact) mass is 284 g/mol. The second-order valence-electron chi connectivity index (χ2n) is 6.43. The molecular weight excluding hydrogens is 264 g/mol. The molecule has 0 bridgehead atoms. The Morgan fingerprint density at radius 3 is 2.56 bits per heavy atom.